The minimum Gasteiger partial charge on any atom is 2.00 e. The van der Waals surface area contributed by atoms with E-state index in [1.807, 2.05) is 0 Å². The first kappa shape index (κ1) is 23.1. The average molecular weight is 145 g/mol. The summed E-state index contributed by atoms with van der Waals surface area (Å²) in [6.07, 6.45) is 0. The van der Waals surface area contributed by atoms with Crippen LogP contribution in [0.25, 0.3) is 0 Å². The van der Waals surface area contributed by atoms with E-state index in [-0.39, 0.29) is 47.9 Å². The molecule has 0 amide bonds. The maximum absolute atomic E-state index is 2.17. The third-order valence-electron chi connectivity index (χ3n) is 0. The van der Waals surface area contributed by atoms with E-state index in [9.17, 15) is 0 Å². The van der Waals surface area contributed by atoms with Crippen LogP contribution in [0.2, 0.25) is 4.59 Å². The van der Waals surface area contributed by atoms with Crippen molar-refractivity contribution in [2.24, 2.45) is 0 Å². The maximum atomic E-state index is 2.17. The smallest absolute Gasteiger partial charge is 2.00 e. The summed E-state index contributed by atoms with van der Waals surface area (Å²) in [7, 11) is 0. The van der Waals surface area contributed by atoms with Crippen molar-refractivity contribution < 1.29 is 24.8 Å². The Morgan fingerprint density at radius 2 is 1.14 bits per heavy atom. The molecule has 0 N–H and O–H groups in total. The van der Waals surface area contributed by atoms with Crippen LogP contribution < -0.4 is 24.8 Å². The van der Waals surface area contributed by atoms with Gasteiger partial charge in [-0.05, 0) is 0 Å². The van der Waals surface area contributed by atoms with Crippen molar-refractivity contribution in [2.75, 3.05) is 0 Å². The average Bonchev–Trinajstić information content (AvgIpc) is 0.811. The zero-order valence-electron chi connectivity index (χ0n) is 5.04. The molecule has 0 aliphatic rings. The van der Waals surface area contributed by atoms with Gasteiger partial charge in [-0.25, -0.2) is 0 Å². The van der Waals surface area contributed by atoms with Crippen LogP contribution in [0.3, 0.4) is 0 Å². The molecule has 0 aromatic carbocycles. The first-order valence-corrected chi connectivity index (χ1v) is 1.73. The number of hydrogen-bond donors (Lipinski definition) is 0. The van der Waals surface area contributed by atoms with E-state index < -0.39 is 0 Å². The van der Waals surface area contributed by atoms with E-state index in [1.54, 1.807) is 0 Å². The number of hydrogen-bond acceptors (Lipinski definition) is 0. The van der Waals surface area contributed by atoms with Crippen LogP contribution in [0.1, 0.15) is 13.8 Å². The van der Waals surface area contributed by atoms with Crippen molar-refractivity contribution in [2.45, 2.75) is 18.4 Å². The molecule has 0 saturated heterocycles. The zero-order valence-corrected chi connectivity index (χ0v) is 7.97. The summed E-state index contributed by atoms with van der Waals surface area (Å²) in [5, 5.41) is 0. The molecule has 0 heterocycles. The molecule has 0 rings (SSSR count). The van der Waals surface area contributed by atoms with Gasteiger partial charge in [-0.2, -0.15) is 0 Å². The second-order valence-electron chi connectivity index (χ2n) is 1.73. The first-order chi connectivity index (χ1) is 1.73. The summed E-state index contributed by atoms with van der Waals surface area (Å²) < 4.78 is 0.833. The number of halogens is 2. The van der Waals surface area contributed by atoms with Gasteiger partial charge in [0.1, 0.15) is 0 Å². The van der Waals surface area contributed by atoms with Gasteiger partial charge in [-0.3, -0.25) is 0 Å². The molecule has 7 heavy (non-hydrogen) atoms. The molecule has 0 nitrogen and oxygen atoms in total. The molecule has 0 spiro atoms. The molecule has 0 atom stereocenters. The molecule has 36 valence electrons. The quantitative estimate of drug-likeness (QED) is 0.299. The van der Waals surface area contributed by atoms with Gasteiger partial charge in [-0.15, -0.1) is 0 Å². The van der Waals surface area contributed by atoms with Crippen LogP contribution in [-0.2, 0) is 0 Å². The second kappa shape index (κ2) is 15.7. The normalized spacial score (nSPS) is 5.29. The van der Waals surface area contributed by atoms with Crippen molar-refractivity contribution >= 4 is 40.8 Å². The van der Waals surface area contributed by atoms with E-state index in [0.29, 0.717) is 0 Å². The molecular weight excluding hydrogens is 138 g/mol. The molecule has 4 heteroatoms. The fraction of sp³-hybridized carbons (Fsp3) is 1.00. The Morgan fingerprint density at radius 1 is 1.14 bits per heavy atom. The van der Waals surface area contributed by atoms with Gasteiger partial charge in [0.2, 0.25) is 0 Å². The van der Waals surface area contributed by atoms with Crippen LogP contribution in [-0.4, -0.2) is 40.8 Å². The SMILES string of the molecule is [Cl-].[Cl-].[Li][CH](C)C.[Mg+2]. The monoisotopic (exact) mass is 144 g/mol. The Morgan fingerprint density at radius 3 is 1.14 bits per heavy atom. The Hall–Kier alpha value is 1.94. The zero-order chi connectivity index (χ0) is 3.58. The molecule has 0 aliphatic carbocycles. The van der Waals surface area contributed by atoms with Crippen molar-refractivity contribution in [1.82, 2.24) is 0 Å². The predicted octanol–water partition coefficient (Wildman–Crippen LogP) is -5.39. The van der Waals surface area contributed by atoms with Gasteiger partial charge < -0.3 is 24.8 Å². The van der Waals surface area contributed by atoms with Gasteiger partial charge in [0.15, 0.2) is 0 Å². The Labute approximate surface area is 83.4 Å². The van der Waals surface area contributed by atoms with E-state index >= 15 is 0 Å². The fourth-order valence-corrected chi connectivity index (χ4v) is 0. The van der Waals surface area contributed by atoms with Gasteiger partial charge in [-0.1, -0.05) is 0 Å². The largest absolute Gasteiger partial charge is 2.00 e. The van der Waals surface area contributed by atoms with Crippen LogP contribution in [0.5, 0.6) is 0 Å². The van der Waals surface area contributed by atoms with E-state index in [4.69, 9.17) is 0 Å². The van der Waals surface area contributed by atoms with Crippen LogP contribution in [0, 0.1) is 0 Å². The molecule has 0 aromatic heterocycles. The van der Waals surface area contributed by atoms with Crippen LogP contribution in [0.15, 0.2) is 0 Å². The summed E-state index contributed by atoms with van der Waals surface area (Å²) >= 11 is 2.17. The van der Waals surface area contributed by atoms with E-state index in [0.717, 1.165) is 4.59 Å². The van der Waals surface area contributed by atoms with Crippen molar-refractivity contribution in [1.29, 1.82) is 0 Å². The summed E-state index contributed by atoms with van der Waals surface area (Å²) in [6, 6.07) is 0. The fourth-order valence-electron chi connectivity index (χ4n) is 0. The Kier molecular flexibility index (Phi) is 51.7. The van der Waals surface area contributed by atoms with Gasteiger partial charge in [0.05, 0.1) is 0 Å². The number of rotatable bonds is 0. The standard InChI is InChI=1S/C3H7.2ClH.Li.Mg/c1-3-2;;;;/h3H,1-2H3;2*1H;;/q;;;;+2/p-2. The molecule has 0 radical (unpaired) electrons. The molecule has 0 unspecified atom stereocenters. The molecule has 0 bridgehead atoms. The summed E-state index contributed by atoms with van der Waals surface area (Å²) in [4.78, 5) is 0. The molecule has 0 aliphatic heterocycles. The first-order valence-electron chi connectivity index (χ1n) is 1.73. The Balaban J connectivity index is -0.0000000150. The van der Waals surface area contributed by atoms with Gasteiger partial charge in [0, 0.05) is 0 Å². The molecule has 0 aromatic rings. The summed E-state index contributed by atoms with van der Waals surface area (Å²) in [6.45, 7) is 4.33. The van der Waals surface area contributed by atoms with Crippen LogP contribution >= 0.6 is 0 Å². The second-order valence-corrected chi connectivity index (χ2v) is 1.73. The summed E-state index contributed by atoms with van der Waals surface area (Å²) in [5.74, 6) is 0. The molecule has 0 fully saturated rings. The summed E-state index contributed by atoms with van der Waals surface area (Å²) in [5.41, 5.74) is 0. The maximum Gasteiger partial charge on any atom is 2.00 e. The third kappa shape index (κ3) is 74.3. The van der Waals surface area contributed by atoms with Crippen molar-refractivity contribution in [3.8, 4) is 0 Å². The van der Waals surface area contributed by atoms with Crippen molar-refractivity contribution in [3.63, 3.8) is 0 Å². The van der Waals surface area contributed by atoms with E-state index in [2.05, 4.69) is 31.6 Å². The minimum atomic E-state index is 0. The molecule has 0 saturated carbocycles. The predicted molar refractivity (Wildman–Crippen MR) is 26.6 cm³/mol. The van der Waals surface area contributed by atoms with Crippen LogP contribution in [0.4, 0.5) is 0 Å². The minimum absolute atomic E-state index is 0. The third-order valence-corrected chi connectivity index (χ3v) is 0. The van der Waals surface area contributed by atoms with Crippen molar-refractivity contribution in [3.05, 3.63) is 0 Å². The Bertz CT molecular complexity index is 17.7. The topological polar surface area (TPSA) is 0 Å². The van der Waals surface area contributed by atoms with Gasteiger partial charge in [0.25, 0.3) is 0 Å². The van der Waals surface area contributed by atoms with Gasteiger partial charge >= 0.3 is 59.2 Å². The molecular formula is C3H7Cl2LiMg. The van der Waals surface area contributed by atoms with E-state index in [1.165, 1.54) is 0 Å².